The minimum Gasteiger partial charge on any atom is -0.504 e. The lowest BCUT2D eigenvalue weighted by Gasteiger charge is -2.61. The molecule has 4 saturated carbocycles. The molecule has 1 amide bonds. The minimum absolute atomic E-state index is 0.0207. The number of phenols is 2. The van der Waals surface area contributed by atoms with Crippen molar-refractivity contribution in [3.05, 3.63) is 59.2 Å². The zero-order valence-electron chi connectivity index (χ0n) is 17.3. The van der Waals surface area contributed by atoms with Gasteiger partial charge in [0.15, 0.2) is 11.5 Å². The van der Waals surface area contributed by atoms with E-state index in [2.05, 4.69) is 41.7 Å². The van der Waals surface area contributed by atoms with E-state index in [1.165, 1.54) is 48.7 Å². The Morgan fingerprint density at radius 1 is 1.03 bits per heavy atom. The van der Waals surface area contributed by atoms with Gasteiger partial charge >= 0.3 is 0 Å². The molecular weight excluding hydrogens is 376 g/mol. The van der Waals surface area contributed by atoms with E-state index >= 15 is 0 Å². The molecule has 156 valence electrons. The summed E-state index contributed by atoms with van der Waals surface area (Å²) in [5, 5.41) is 23.2. The van der Waals surface area contributed by atoms with Gasteiger partial charge < -0.3 is 10.2 Å². The Balaban J connectivity index is 1.37. The van der Waals surface area contributed by atoms with Crippen molar-refractivity contribution in [2.75, 3.05) is 0 Å². The number of phenolic OH excluding ortho intramolecular Hbond substituents is 2. The van der Waals surface area contributed by atoms with Crippen LogP contribution in [0, 0.1) is 24.2 Å². The van der Waals surface area contributed by atoms with Gasteiger partial charge in [-0.15, -0.1) is 0 Å². The van der Waals surface area contributed by atoms with Gasteiger partial charge in [0, 0.05) is 0 Å². The Labute approximate surface area is 176 Å². The van der Waals surface area contributed by atoms with Gasteiger partial charge in [0.05, 0.1) is 11.6 Å². The Kier molecular flexibility index (Phi) is 4.38. The average molecular weight is 405 g/mol. The Morgan fingerprint density at radius 2 is 1.73 bits per heavy atom. The summed E-state index contributed by atoms with van der Waals surface area (Å²) in [7, 11) is 0. The van der Waals surface area contributed by atoms with E-state index in [-0.39, 0.29) is 28.2 Å². The highest BCUT2D eigenvalue weighted by atomic mass is 16.3. The third kappa shape index (κ3) is 3.17. The minimum atomic E-state index is -0.344. The number of nitrogens with zero attached hydrogens (tertiary/aromatic N) is 1. The van der Waals surface area contributed by atoms with E-state index < -0.39 is 0 Å². The van der Waals surface area contributed by atoms with Crippen LogP contribution in [-0.4, -0.2) is 22.3 Å². The number of carbonyl (C=O) groups excluding carboxylic acids is 1. The molecule has 30 heavy (non-hydrogen) atoms. The second-order valence-electron chi connectivity index (χ2n) is 9.83. The Hall–Kier alpha value is -2.82. The summed E-state index contributed by atoms with van der Waals surface area (Å²) in [6.07, 6.45) is 7.95. The number of rotatable bonds is 4. The molecule has 4 fully saturated rings. The SMILES string of the molecule is Cc1ccc(C23CC4CC(CC(C(=O)NN=Cc5ccc(O)c(O)c5)(C4)C2)C3)cc1. The molecule has 4 aliphatic rings. The molecule has 0 radical (unpaired) electrons. The number of hydrogen-bond acceptors (Lipinski definition) is 4. The van der Waals surface area contributed by atoms with Crippen LogP contribution in [0.4, 0.5) is 0 Å². The second kappa shape index (κ2) is 6.86. The largest absolute Gasteiger partial charge is 0.504 e. The molecule has 2 atom stereocenters. The van der Waals surface area contributed by atoms with Gasteiger partial charge in [-0.1, -0.05) is 29.8 Å². The molecule has 2 aromatic rings. The Bertz CT molecular complexity index is 998. The first-order chi connectivity index (χ1) is 14.4. The van der Waals surface area contributed by atoms with Crippen LogP contribution in [-0.2, 0) is 10.2 Å². The molecule has 2 aromatic carbocycles. The smallest absolute Gasteiger partial charge is 0.246 e. The highest BCUT2D eigenvalue weighted by Crippen LogP contribution is 2.65. The number of nitrogens with one attached hydrogen (secondary N) is 1. The van der Waals surface area contributed by atoms with Crippen molar-refractivity contribution >= 4 is 12.1 Å². The van der Waals surface area contributed by atoms with Crippen LogP contribution >= 0.6 is 0 Å². The summed E-state index contributed by atoms with van der Waals surface area (Å²) in [6, 6.07) is 13.4. The quantitative estimate of drug-likeness (QED) is 0.401. The fourth-order valence-corrected chi connectivity index (χ4v) is 6.68. The van der Waals surface area contributed by atoms with Gasteiger partial charge in [0.1, 0.15) is 0 Å². The first-order valence-corrected chi connectivity index (χ1v) is 10.8. The normalized spacial score (nSPS) is 31.9. The molecule has 4 aliphatic carbocycles. The zero-order chi connectivity index (χ0) is 20.9. The van der Waals surface area contributed by atoms with E-state index in [1.807, 2.05) is 0 Å². The monoisotopic (exact) mass is 404 g/mol. The van der Waals surface area contributed by atoms with E-state index in [4.69, 9.17) is 0 Å². The molecule has 3 N–H and O–H groups in total. The van der Waals surface area contributed by atoms with Crippen LogP contribution in [0.15, 0.2) is 47.6 Å². The highest BCUT2D eigenvalue weighted by Gasteiger charge is 2.60. The van der Waals surface area contributed by atoms with E-state index in [0.717, 1.165) is 19.3 Å². The number of carbonyl (C=O) groups is 1. The molecule has 4 bridgehead atoms. The zero-order valence-corrected chi connectivity index (χ0v) is 17.3. The lowest BCUT2D eigenvalue weighted by Crippen LogP contribution is -2.58. The van der Waals surface area contributed by atoms with E-state index in [9.17, 15) is 15.0 Å². The average Bonchev–Trinajstić information content (AvgIpc) is 2.70. The van der Waals surface area contributed by atoms with E-state index in [0.29, 0.717) is 17.4 Å². The fraction of sp³-hybridized carbons (Fsp3) is 0.440. The molecular formula is C25H28N2O3. The molecule has 5 nitrogen and oxygen atoms in total. The maximum absolute atomic E-state index is 13.3. The number of hydrazone groups is 1. The summed E-state index contributed by atoms with van der Waals surface area (Å²) in [4.78, 5) is 13.3. The van der Waals surface area contributed by atoms with Crippen molar-refractivity contribution in [2.45, 2.75) is 50.9 Å². The number of benzene rings is 2. The first-order valence-electron chi connectivity index (χ1n) is 10.8. The maximum atomic E-state index is 13.3. The molecule has 2 unspecified atom stereocenters. The summed E-state index contributed by atoms with van der Waals surface area (Å²) in [6.45, 7) is 2.12. The number of aromatic hydroxyl groups is 2. The summed E-state index contributed by atoms with van der Waals surface area (Å²) in [5.74, 6) is 0.859. The number of hydrogen-bond donors (Lipinski definition) is 3. The molecule has 5 heteroatoms. The molecule has 0 heterocycles. The predicted molar refractivity (Wildman–Crippen MR) is 115 cm³/mol. The van der Waals surface area contributed by atoms with Crippen molar-refractivity contribution in [2.24, 2.45) is 22.4 Å². The van der Waals surface area contributed by atoms with Crippen molar-refractivity contribution in [3.63, 3.8) is 0 Å². The topological polar surface area (TPSA) is 81.9 Å². The first kappa shape index (κ1) is 19.2. The van der Waals surface area contributed by atoms with Crippen LogP contribution in [0.2, 0.25) is 0 Å². The molecule has 0 aliphatic heterocycles. The van der Waals surface area contributed by atoms with Crippen LogP contribution in [0.1, 0.15) is 55.2 Å². The van der Waals surface area contributed by atoms with Crippen molar-refractivity contribution in [1.29, 1.82) is 0 Å². The highest BCUT2D eigenvalue weighted by molar-refractivity contribution is 5.86. The van der Waals surface area contributed by atoms with Crippen molar-refractivity contribution in [1.82, 2.24) is 5.43 Å². The second-order valence-corrected chi connectivity index (χ2v) is 9.83. The van der Waals surface area contributed by atoms with Crippen LogP contribution in [0.5, 0.6) is 11.5 Å². The molecule has 6 rings (SSSR count). The number of aryl methyl sites for hydroxylation is 1. The lowest BCUT2D eigenvalue weighted by atomic mass is 9.42. The Morgan fingerprint density at radius 3 is 2.40 bits per heavy atom. The van der Waals surface area contributed by atoms with Gasteiger partial charge in [0.25, 0.3) is 0 Å². The molecule has 0 saturated heterocycles. The number of amides is 1. The fourth-order valence-electron chi connectivity index (χ4n) is 6.68. The van der Waals surface area contributed by atoms with Crippen molar-refractivity contribution in [3.8, 4) is 11.5 Å². The predicted octanol–water partition coefficient (Wildman–Crippen LogP) is 4.39. The van der Waals surface area contributed by atoms with Gasteiger partial charge in [-0.2, -0.15) is 5.10 Å². The van der Waals surface area contributed by atoms with Gasteiger partial charge in [0.2, 0.25) is 5.91 Å². The standard InChI is InChI=1S/C25H28N2O3/c1-16-2-5-20(6-3-16)24-10-18-8-19(11-24)13-25(12-18,15-24)23(30)27-26-14-17-4-7-21(28)22(29)9-17/h2-7,9,14,18-19,28-29H,8,10-13,15H2,1H3,(H,27,30). The third-order valence-electron chi connectivity index (χ3n) is 7.59. The van der Waals surface area contributed by atoms with Crippen LogP contribution in [0.3, 0.4) is 0 Å². The van der Waals surface area contributed by atoms with E-state index in [1.54, 1.807) is 6.07 Å². The van der Waals surface area contributed by atoms with Gasteiger partial charge in [-0.05, 0) is 92.0 Å². The van der Waals surface area contributed by atoms with Crippen LogP contribution < -0.4 is 5.43 Å². The van der Waals surface area contributed by atoms with Crippen LogP contribution in [0.25, 0.3) is 0 Å². The van der Waals surface area contributed by atoms with Gasteiger partial charge in [-0.25, -0.2) is 5.43 Å². The maximum Gasteiger partial charge on any atom is 0.246 e. The lowest BCUT2D eigenvalue weighted by molar-refractivity contribution is -0.149. The van der Waals surface area contributed by atoms with Gasteiger partial charge in [-0.3, -0.25) is 4.79 Å². The molecule has 0 aromatic heterocycles. The summed E-state index contributed by atoms with van der Waals surface area (Å²) < 4.78 is 0. The summed E-state index contributed by atoms with van der Waals surface area (Å²) in [5.41, 5.74) is 5.83. The third-order valence-corrected chi connectivity index (χ3v) is 7.59. The summed E-state index contributed by atoms with van der Waals surface area (Å²) >= 11 is 0. The van der Waals surface area contributed by atoms with Crippen molar-refractivity contribution < 1.29 is 15.0 Å². The molecule has 0 spiro atoms.